The second-order valence-corrected chi connectivity index (χ2v) is 24.7. The third kappa shape index (κ3) is 19.6. The van der Waals surface area contributed by atoms with Crippen LogP contribution in [-0.4, -0.2) is 119 Å². The summed E-state index contributed by atoms with van der Waals surface area (Å²) in [4.78, 5) is 58.4. The molecule has 4 heterocycles. The third-order valence-corrected chi connectivity index (χ3v) is 17.6. The number of hydrogen-bond donors (Lipinski definition) is 0. The number of alkyl halides is 6. The smallest absolute Gasteiger partial charge is 0.383 e. The second-order valence-electron chi connectivity index (χ2n) is 23.0. The number of carbonyl (C=O) groups is 2. The standard InChI is InChI=1S/2C41H40F5N3O3S/c2*1-27-6-15-36-34(22-27)37(50)23-39(53-26-31-4-3-5-35(42)40(31)43)49(36)25-38(51)48(33-16-18-47(19-17-33)20-21-52-2)24-28-7-9-29(10-8-28)30-11-13-32(14-12-30)41(44,45)46/h2*3-15,22-23,33H,16-21,24-26H2,1-2H3/i6D,15D,16D2,17D2,18D2,19D2,21D2,22D,23D,26D2,33D;6D,15D,16D2,17D2,18D2,19D2,21D2,22D,23D,33D. The summed E-state index contributed by atoms with van der Waals surface area (Å²) in [6.07, 6.45) is -25.7. The third-order valence-electron chi connectivity index (χ3n) is 15.7. The summed E-state index contributed by atoms with van der Waals surface area (Å²) in [5.41, 5.74) is -9.98. The van der Waals surface area contributed by atoms with Gasteiger partial charge in [0.2, 0.25) is 11.8 Å². The number of amides is 2. The maximum Gasteiger partial charge on any atom is 0.416 e. The van der Waals surface area contributed by atoms with E-state index in [0.717, 1.165) is 85.5 Å². The van der Waals surface area contributed by atoms with Crippen LogP contribution in [-0.2, 0) is 69.1 Å². The van der Waals surface area contributed by atoms with E-state index in [2.05, 4.69) is 4.74 Å². The molecule has 0 N–H and O–H groups in total. The lowest BCUT2D eigenvalue weighted by Crippen LogP contribution is -2.48. The number of hydrogen-bond acceptors (Lipinski definition) is 10. The number of methoxy groups -OCH3 is 2. The van der Waals surface area contributed by atoms with Gasteiger partial charge in [-0.25, -0.2) is 17.6 Å². The molecule has 0 saturated carbocycles. The molecule has 106 heavy (non-hydrogen) atoms. The van der Waals surface area contributed by atoms with Crippen molar-refractivity contribution in [2.75, 3.05) is 66.4 Å². The molecule has 12 rings (SSSR count). The van der Waals surface area contributed by atoms with Gasteiger partial charge in [-0.2, -0.15) is 26.3 Å². The quantitative estimate of drug-likeness (QED) is 0.0428. The van der Waals surface area contributed by atoms with E-state index in [-0.39, 0.29) is 75.9 Å². The Labute approximate surface area is 661 Å². The molecule has 10 aromatic rings. The Hall–Kier alpha value is -9.04. The summed E-state index contributed by atoms with van der Waals surface area (Å²) < 4.78 is 435. The van der Waals surface area contributed by atoms with Crippen molar-refractivity contribution in [3.63, 3.8) is 0 Å². The number of fused-ring (bicyclic) bond motifs is 2. The highest BCUT2D eigenvalue weighted by atomic mass is 32.2. The molecule has 0 spiro atoms. The van der Waals surface area contributed by atoms with Gasteiger partial charge in [0.05, 0.1) is 64.5 Å². The molecule has 556 valence electrons. The molecule has 8 aromatic carbocycles. The molecule has 12 nitrogen and oxygen atoms in total. The van der Waals surface area contributed by atoms with E-state index in [1.54, 1.807) is 0 Å². The zero-order valence-corrected chi connectivity index (χ0v) is 57.5. The summed E-state index contributed by atoms with van der Waals surface area (Å²) in [5, 5.41) is -2.97. The van der Waals surface area contributed by atoms with Crippen molar-refractivity contribution in [2.45, 2.75) is 111 Å². The number of halogens is 10. The van der Waals surface area contributed by atoms with Crippen LogP contribution in [0.5, 0.6) is 0 Å². The van der Waals surface area contributed by atoms with E-state index in [4.69, 9.17) is 34.9 Å². The topological polar surface area (TPSA) is 110 Å². The molecule has 0 unspecified atom stereocenters. The zero-order valence-electron chi connectivity index (χ0n) is 87.9. The van der Waals surface area contributed by atoms with Gasteiger partial charge in [-0.3, -0.25) is 19.2 Å². The maximum atomic E-state index is 15.4. The Morgan fingerprint density at radius 3 is 1.28 bits per heavy atom. The van der Waals surface area contributed by atoms with Crippen LogP contribution in [0, 0.1) is 37.1 Å². The fourth-order valence-electron chi connectivity index (χ4n) is 10.4. The van der Waals surface area contributed by atoms with Gasteiger partial charge in [0.15, 0.2) is 34.1 Å². The van der Waals surface area contributed by atoms with Gasteiger partial charge in [-0.1, -0.05) is 120 Å². The SMILES string of the molecule is [2H]c1c(C)c([2H])c2c(=O)c([2H])c(SC([2H])([2H])c3cccc(F)c3F)n(CC(=O)N(Cc3ccc(-c4ccc(C(F)(F)F)cc4)cc3)C3([2H])C([2H])([2H])C([2H])([2H])N(CC([2H])([2H])OC)C([2H])([2H])C3([2H])[2H])c2c1[2H].[2H]c1c(C)c([2H])c2c(=O)c([2H])c(SCc3cccc(F)c3F)n(CC(=O)N(Cc3ccc(-c4ccc(C(F)(F)F)cc4)cc3)C3([2H])C([2H])([2H])C([2H])([2H])N(CC([2H])([2H])OC)C([2H])([2H])C3([2H])[2H])c2c1[2H]. The molecule has 24 heteroatoms. The number of rotatable bonds is 24. The Balaban J connectivity index is 0.000000265. The Morgan fingerprint density at radius 1 is 0.528 bits per heavy atom. The first-order valence-electron chi connectivity index (χ1n) is 47.4. The second kappa shape index (κ2) is 35.1. The van der Waals surface area contributed by atoms with Crippen molar-refractivity contribution in [3.05, 3.63) is 270 Å². The van der Waals surface area contributed by atoms with Gasteiger partial charge in [0, 0.05) is 149 Å². The molecule has 2 aliphatic rings. The lowest BCUT2D eigenvalue weighted by Gasteiger charge is -2.39. The van der Waals surface area contributed by atoms with Crippen LogP contribution in [0.15, 0.2) is 201 Å². The van der Waals surface area contributed by atoms with Crippen molar-refractivity contribution >= 4 is 57.1 Å². The van der Waals surface area contributed by atoms with E-state index >= 15 is 14.0 Å². The lowest BCUT2D eigenvalue weighted by atomic mass is 10.00. The highest BCUT2D eigenvalue weighted by Crippen LogP contribution is 2.36. The first kappa shape index (κ1) is 46.2. The number of carbonyl (C=O) groups excluding carboxylic acids is 2. The van der Waals surface area contributed by atoms with Crippen LogP contribution in [0.2, 0.25) is 0 Å². The van der Waals surface area contributed by atoms with Gasteiger partial charge < -0.3 is 38.2 Å². The monoisotopic (exact) mass is 1530 g/mol. The molecular formula is C82H80F10N6O6S2. The lowest BCUT2D eigenvalue weighted by molar-refractivity contribution is -0.138. The van der Waals surface area contributed by atoms with E-state index < -0.39 is 283 Å². The fraction of sp³-hybridized carbons (Fsp3) is 0.317. The van der Waals surface area contributed by atoms with E-state index in [1.807, 2.05) is 0 Å². The Kier molecular flexibility index (Phi) is 15.3. The van der Waals surface area contributed by atoms with Gasteiger partial charge in [0.25, 0.3) is 0 Å². The molecule has 0 radical (unpaired) electrons. The van der Waals surface area contributed by atoms with Gasteiger partial charge in [-0.15, -0.1) is 23.5 Å². The van der Waals surface area contributed by atoms with Crippen molar-refractivity contribution in [2.24, 2.45) is 0 Å². The van der Waals surface area contributed by atoms with Crippen LogP contribution in [0.1, 0.15) is 114 Å². The molecule has 2 aliphatic heterocycles. The highest BCUT2D eigenvalue weighted by molar-refractivity contribution is 7.98. The molecule has 2 fully saturated rings. The minimum atomic E-state index is -4.67. The molecule has 2 aromatic heterocycles. The van der Waals surface area contributed by atoms with Gasteiger partial charge in [0.1, 0.15) is 13.1 Å². The number of nitrogens with zero attached hydrogens (tertiary/aromatic N) is 6. The number of aromatic nitrogens is 2. The average molecular weight is 1530 g/mol. The van der Waals surface area contributed by atoms with Crippen LogP contribution >= 0.6 is 23.5 Å². The first-order valence-corrected chi connectivity index (χ1v) is 33.2. The largest absolute Gasteiger partial charge is 0.416 e. The number of piperidine rings is 2. The van der Waals surface area contributed by atoms with Gasteiger partial charge in [-0.05, 0) is 133 Å². The number of thioether (sulfide) groups is 2. The number of pyridine rings is 2. The Morgan fingerprint density at radius 2 is 0.896 bits per heavy atom. The minimum Gasteiger partial charge on any atom is -0.383 e. The van der Waals surface area contributed by atoms with Crippen molar-refractivity contribution < 1.29 is 107 Å². The predicted molar refractivity (Wildman–Crippen MR) is 395 cm³/mol. The summed E-state index contributed by atoms with van der Waals surface area (Å²) in [7, 11) is 1.64. The number of likely N-dealkylation sites (tertiary alicyclic amines) is 2. The highest BCUT2D eigenvalue weighted by Gasteiger charge is 2.34. The van der Waals surface area contributed by atoms with Crippen LogP contribution < -0.4 is 10.9 Å². The number of benzene rings is 8. The average Bonchev–Trinajstić information content (AvgIpc) is 0.667. The molecule has 0 atom stereocenters. The molecule has 0 bridgehead atoms. The summed E-state index contributed by atoms with van der Waals surface area (Å²) >= 11 is 0.288. The number of ether oxygens (including phenoxy) is 2. The fourth-order valence-corrected chi connectivity index (χ4v) is 12.1. The van der Waals surface area contributed by atoms with E-state index in [9.17, 15) is 62.8 Å². The molecule has 2 saturated heterocycles. The normalized spacial score (nSPS) is 23.4. The first-order chi connectivity index (χ1) is 63.1. The van der Waals surface area contributed by atoms with Crippen LogP contribution in [0.4, 0.5) is 43.9 Å². The summed E-state index contributed by atoms with van der Waals surface area (Å²) in [5.74, 6) is -9.64. The summed E-state index contributed by atoms with van der Waals surface area (Å²) in [6.45, 7) is -27.1. The van der Waals surface area contributed by atoms with Crippen molar-refractivity contribution in [1.82, 2.24) is 28.7 Å². The van der Waals surface area contributed by atoms with Crippen molar-refractivity contribution in [3.8, 4) is 22.3 Å². The molecule has 2 amide bonds. The van der Waals surface area contributed by atoms with Crippen LogP contribution in [0.25, 0.3) is 44.1 Å². The maximum absolute atomic E-state index is 15.4. The van der Waals surface area contributed by atoms with E-state index in [1.165, 1.54) is 74.5 Å². The predicted octanol–water partition coefficient (Wildman–Crippen LogP) is 17.4. The Bertz CT molecular complexity index is 6520. The minimum absolute atomic E-state index is 0.0575. The zero-order chi connectivity index (χ0) is 104. The summed E-state index contributed by atoms with van der Waals surface area (Å²) in [6, 6.07) is 8.84. The van der Waals surface area contributed by atoms with Gasteiger partial charge >= 0.3 is 12.4 Å². The van der Waals surface area contributed by atoms with E-state index in [0.29, 0.717) is 28.0 Å². The van der Waals surface area contributed by atoms with Crippen LogP contribution in [0.3, 0.4) is 0 Å². The van der Waals surface area contributed by atoms with Crippen molar-refractivity contribution in [1.29, 1.82) is 0 Å². The molecule has 0 aliphatic carbocycles. The molecular weight excluding hydrogens is 1420 g/mol.